The second kappa shape index (κ2) is 8.28. The molecule has 0 aromatic heterocycles. The van der Waals surface area contributed by atoms with Crippen molar-refractivity contribution >= 4 is 10.2 Å². The molecule has 1 aliphatic carbocycles. The van der Waals surface area contributed by atoms with Gasteiger partial charge >= 0.3 is 6.18 Å². The van der Waals surface area contributed by atoms with Crippen molar-refractivity contribution in [1.82, 2.24) is 14.3 Å². The number of hydrogen-bond acceptors (Lipinski definition) is 4. The molecular formula is C11H22F3N3O3S. The van der Waals surface area contributed by atoms with Crippen LogP contribution in [-0.2, 0) is 14.9 Å². The number of alkyl halides is 3. The van der Waals surface area contributed by atoms with E-state index in [-0.39, 0.29) is 13.2 Å². The molecule has 0 unspecified atom stereocenters. The van der Waals surface area contributed by atoms with Crippen molar-refractivity contribution in [2.24, 2.45) is 0 Å². The third-order valence-electron chi connectivity index (χ3n) is 2.87. The summed E-state index contributed by atoms with van der Waals surface area (Å²) in [6.07, 6.45) is -1.37. The molecule has 0 spiro atoms. The summed E-state index contributed by atoms with van der Waals surface area (Å²) in [5.41, 5.74) is 0. The molecule has 1 rings (SSSR count). The van der Waals surface area contributed by atoms with Gasteiger partial charge in [0.25, 0.3) is 10.2 Å². The van der Waals surface area contributed by atoms with Crippen LogP contribution in [0, 0.1) is 0 Å². The highest BCUT2D eigenvalue weighted by atomic mass is 32.2. The smallest absolute Gasteiger partial charge is 0.371 e. The van der Waals surface area contributed by atoms with E-state index in [0.29, 0.717) is 19.0 Å². The van der Waals surface area contributed by atoms with Crippen LogP contribution in [0.1, 0.15) is 19.3 Å². The third kappa shape index (κ3) is 9.25. The summed E-state index contributed by atoms with van der Waals surface area (Å²) in [5.74, 6) is 0. The minimum Gasteiger partial charge on any atom is -0.371 e. The molecule has 0 atom stereocenters. The second-order valence-corrected chi connectivity index (χ2v) is 6.83. The first-order valence-electron chi connectivity index (χ1n) is 6.79. The highest BCUT2D eigenvalue weighted by Gasteiger charge is 2.27. The van der Waals surface area contributed by atoms with Crippen molar-refractivity contribution in [2.75, 3.05) is 39.9 Å². The number of halogens is 3. The van der Waals surface area contributed by atoms with E-state index in [0.717, 1.165) is 10.8 Å². The molecule has 1 fully saturated rings. The van der Waals surface area contributed by atoms with Gasteiger partial charge in [0.15, 0.2) is 0 Å². The maximum Gasteiger partial charge on any atom is 0.411 e. The predicted molar refractivity (Wildman–Crippen MR) is 72.1 cm³/mol. The molecule has 0 heterocycles. The molecular weight excluding hydrogens is 311 g/mol. The predicted octanol–water partition coefficient (Wildman–Crippen LogP) is 0.474. The van der Waals surface area contributed by atoms with E-state index in [1.54, 1.807) is 0 Å². The van der Waals surface area contributed by atoms with Gasteiger partial charge in [0, 0.05) is 26.2 Å². The standard InChI is InChI=1S/C11H22F3N3O3S/c1-17(7-2-5-15-10-3-4-10)21(18,19)16-6-8-20-9-11(12,13)14/h10,15-16H,2-9H2,1H3. The van der Waals surface area contributed by atoms with Crippen molar-refractivity contribution in [2.45, 2.75) is 31.5 Å². The van der Waals surface area contributed by atoms with Crippen LogP contribution < -0.4 is 10.0 Å². The molecule has 0 aromatic carbocycles. The lowest BCUT2D eigenvalue weighted by molar-refractivity contribution is -0.173. The molecule has 10 heteroatoms. The van der Waals surface area contributed by atoms with E-state index < -0.39 is 23.0 Å². The Morgan fingerprint density at radius 1 is 1.29 bits per heavy atom. The molecule has 6 nitrogen and oxygen atoms in total. The van der Waals surface area contributed by atoms with Crippen LogP contribution in [0.15, 0.2) is 0 Å². The molecule has 0 saturated heterocycles. The lowest BCUT2D eigenvalue weighted by Crippen LogP contribution is -2.41. The topological polar surface area (TPSA) is 70.7 Å². The number of rotatable bonds is 11. The summed E-state index contributed by atoms with van der Waals surface area (Å²) >= 11 is 0. The monoisotopic (exact) mass is 333 g/mol. The Labute approximate surface area is 123 Å². The number of nitrogens with zero attached hydrogens (tertiary/aromatic N) is 1. The van der Waals surface area contributed by atoms with Gasteiger partial charge in [-0.25, -0.2) is 0 Å². The summed E-state index contributed by atoms with van der Waals surface area (Å²) in [5, 5.41) is 3.27. The number of nitrogens with one attached hydrogen (secondary N) is 2. The maximum atomic E-state index is 11.8. The minimum absolute atomic E-state index is 0.191. The van der Waals surface area contributed by atoms with Gasteiger partial charge in [0.1, 0.15) is 6.61 Å². The van der Waals surface area contributed by atoms with E-state index in [1.807, 2.05) is 0 Å². The quantitative estimate of drug-likeness (QED) is 0.540. The van der Waals surface area contributed by atoms with Crippen molar-refractivity contribution < 1.29 is 26.3 Å². The van der Waals surface area contributed by atoms with Gasteiger partial charge in [-0.2, -0.15) is 30.6 Å². The van der Waals surface area contributed by atoms with E-state index in [4.69, 9.17) is 0 Å². The summed E-state index contributed by atoms with van der Waals surface area (Å²) < 4.78 is 66.6. The first-order valence-corrected chi connectivity index (χ1v) is 8.23. The second-order valence-electron chi connectivity index (χ2n) is 4.97. The highest BCUT2D eigenvalue weighted by molar-refractivity contribution is 7.87. The van der Waals surface area contributed by atoms with Crippen LogP contribution in [-0.4, -0.2) is 64.8 Å². The molecule has 0 radical (unpaired) electrons. The van der Waals surface area contributed by atoms with E-state index in [2.05, 4.69) is 14.8 Å². The molecule has 1 aliphatic rings. The molecule has 21 heavy (non-hydrogen) atoms. The molecule has 0 aliphatic heterocycles. The van der Waals surface area contributed by atoms with Crippen LogP contribution in [0.2, 0.25) is 0 Å². The Morgan fingerprint density at radius 2 is 1.95 bits per heavy atom. The minimum atomic E-state index is -4.40. The zero-order chi connectivity index (χ0) is 15.9. The van der Waals surface area contributed by atoms with Crippen LogP contribution in [0.3, 0.4) is 0 Å². The fourth-order valence-corrected chi connectivity index (χ4v) is 2.49. The van der Waals surface area contributed by atoms with Crippen LogP contribution in [0.4, 0.5) is 13.2 Å². The van der Waals surface area contributed by atoms with Crippen LogP contribution in [0.25, 0.3) is 0 Å². The Kier molecular flexibility index (Phi) is 7.34. The largest absolute Gasteiger partial charge is 0.411 e. The molecule has 0 amide bonds. The lowest BCUT2D eigenvalue weighted by Gasteiger charge is -2.18. The van der Waals surface area contributed by atoms with Gasteiger partial charge in [0.2, 0.25) is 0 Å². The average molecular weight is 333 g/mol. The average Bonchev–Trinajstić information content (AvgIpc) is 3.16. The Morgan fingerprint density at radius 3 is 2.52 bits per heavy atom. The molecule has 1 saturated carbocycles. The summed E-state index contributed by atoms with van der Waals surface area (Å²) in [6.45, 7) is -0.798. The summed E-state index contributed by atoms with van der Waals surface area (Å²) in [7, 11) is -2.24. The molecule has 2 N–H and O–H groups in total. The van der Waals surface area contributed by atoms with Crippen molar-refractivity contribution in [3.05, 3.63) is 0 Å². The van der Waals surface area contributed by atoms with E-state index >= 15 is 0 Å². The van der Waals surface area contributed by atoms with Crippen molar-refractivity contribution in [1.29, 1.82) is 0 Å². The van der Waals surface area contributed by atoms with Crippen molar-refractivity contribution in [3.8, 4) is 0 Å². The highest BCUT2D eigenvalue weighted by Crippen LogP contribution is 2.18. The van der Waals surface area contributed by atoms with Gasteiger partial charge in [-0.3, -0.25) is 0 Å². The number of ether oxygens (including phenoxy) is 1. The van der Waals surface area contributed by atoms with Gasteiger partial charge in [-0.15, -0.1) is 0 Å². The zero-order valence-electron chi connectivity index (χ0n) is 11.9. The van der Waals surface area contributed by atoms with Gasteiger partial charge < -0.3 is 10.1 Å². The van der Waals surface area contributed by atoms with Crippen LogP contribution in [0.5, 0.6) is 0 Å². The number of hydrogen-bond donors (Lipinski definition) is 2. The first kappa shape index (κ1) is 18.6. The molecule has 0 aromatic rings. The first-order chi connectivity index (χ1) is 9.71. The van der Waals surface area contributed by atoms with Gasteiger partial charge in [-0.1, -0.05) is 0 Å². The SMILES string of the molecule is CN(CCCNC1CC1)S(=O)(=O)NCCOCC(F)(F)F. The fraction of sp³-hybridized carbons (Fsp3) is 1.00. The van der Waals surface area contributed by atoms with Crippen molar-refractivity contribution in [3.63, 3.8) is 0 Å². The van der Waals surface area contributed by atoms with Gasteiger partial charge in [-0.05, 0) is 25.8 Å². The molecule has 0 bridgehead atoms. The zero-order valence-corrected chi connectivity index (χ0v) is 12.8. The van der Waals surface area contributed by atoms with Crippen LogP contribution >= 0.6 is 0 Å². The Hall–Kier alpha value is -0.420. The third-order valence-corrected chi connectivity index (χ3v) is 4.44. The normalized spacial score (nSPS) is 16.6. The summed E-state index contributed by atoms with van der Waals surface area (Å²) in [4.78, 5) is 0. The summed E-state index contributed by atoms with van der Waals surface area (Å²) in [6, 6.07) is 0.579. The van der Waals surface area contributed by atoms with E-state index in [9.17, 15) is 21.6 Å². The van der Waals surface area contributed by atoms with E-state index in [1.165, 1.54) is 19.9 Å². The maximum absolute atomic E-state index is 11.8. The van der Waals surface area contributed by atoms with Gasteiger partial charge in [0.05, 0.1) is 6.61 Å². The lowest BCUT2D eigenvalue weighted by atomic mass is 10.4. The molecule has 126 valence electrons. The Balaban J connectivity index is 2.09. The fourth-order valence-electron chi connectivity index (χ4n) is 1.56. The Bertz CT molecular complexity index is 399.